The Morgan fingerprint density at radius 3 is 2.65 bits per heavy atom. The Balaban J connectivity index is 1.54. The van der Waals surface area contributed by atoms with Crippen LogP contribution in [0.25, 0.3) is 0 Å². The summed E-state index contributed by atoms with van der Waals surface area (Å²) in [6.45, 7) is 5.31. The van der Waals surface area contributed by atoms with E-state index in [1.165, 1.54) is 0 Å². The molecule has 2 aromatic heterocycles. The molecule has 1 aliphatic heterocycles. The van der Waals surface area contributed by atoms with E-state index in [4.69, 9.17) is 9.26 Å². The van der Waals surface area contributed by atoms with E-state index in [2.05, 4.69) is 20.0 Å². The lowest BCUT2D eigenvalue weighted by molar-refractivity contribution is 0.0624. The molecule has 122 valence electrons. The fraction of sp³-hybridized carbons (Fsp3) is 0.467. The van der Waals surface area contributed by atoms with Crippen molar-refractivity contribution in [2.45, 2.75) is 13.5 Å². The van der Waals surface area contributed by atoms with Gasteiger partial charge in [-0.3, -0.25) is 9.69 Å². The lowest BCUT2D eigenvalue weighted by atomic mass is 10.2. The molecular formula is C15H19N5O3. The summed E-state index contributed by atoms with van der Waals surface area (Å²) in [6, 6.07) is 3.44. The quantitative estimate of drug-likeness (QED) is 0.822. The summed E-state index contributed by atoms with van der Waals surface area (Å²) in [5.41, 5.74) is 0.577. The SMILES string of the molecule is COc1ccc(C(=O)N2CCN(Cc3noc(C)n3)CC2)cn1. The highest BCUT2D eigenvalue weighted by Gasteiger charge is 2.23. The average molecular weight is 317 g/mol. The standard InChI is InChI=1S/C15H19N5O3/c1-11-17-13(18-23-11)10-19-5-7-20(8-6-19)15(21)12-3-4-14(22-2)16-9-12/h3-4,9H,5-8,10H2,1-2H3. The summed E-state index contributed by atoms with van der Waals surface area (Å²) in [5, 5.41) is 3.90. The zero-order valence-corrected chi connectivity index (χ0v) is 13.2. The maximum atomic E-state index is 12.5. The molecule has 1 amide bonds. The minimum atomic E-state index is -0.00444. The fourth-order valence-corrected chi connectivity index (χ4v) is 2.52. The maximum Gasteiger partial charge on any atom is 0.255 e. The lowest BCUT2D eigenvalue weighted by Gasteiger charge is -2.34. The van der Waals surface area contributed by atoms with Gasteiger partial charge in [0.25, 0.3) is 5.91 Å². The van der Waals surface area contributed by atoms with Crippen molar-refractivity contribution in [3.05, 3.63) is 35.6 Å². The van der Waals surface area contributed by atoms with Crippen LogP contribution in [-0.4, -0.2) is 64.1 Å². The van der Waals surface area contributed by atoms with Gasteiger partial charge in [0, 0.05) is 45.4 Å². The summed E-state index contributed by atoms with van der Waals surface area (Å²) >= 11 is 0. The van der Waals surface area contributed by atoms with Crippen molar-refractivity contribution in [1.29, 1.82) is 0 Å². The second-order valence-corrected chi connectivity index (χ2v) is 5.39. The molecule has 1 saturated heterocycles. The van der Waals surface area contributed by atoms with Gasteiger partial charge in [-0.2, -0.15) is 4.98 Å². The number of aryl methyl sites for hydroxylation is 1. The van der Waals surface area contributed by atoms with Gasteiger partial charge < -0.3 is 14.2 Å². The van der Waals surface area contributed by atoms with Gasteiger partial charge in [0.05, 0.1) is 19.2 Å². The summed E-state index contributed by atoms with van der Waals surface area (Å²) < 4.78 is 9.98. The number of ether oxygens (including phenoxy) is 1. The number of amides is 1. The summed E-state index contributed by atoms with van der Waals surface area (Å²) in [7, 11) is 1.55. The molecule has 0 atom stereocenters. The van der Waals surface area contributed by atoms with Crippen LogP contribution in [0.2, 0.25) is 0 Å². The van der Waals surface area contributed by atoms with E-state index in [-0.39, 0.29) is 5.91 Å². The predicted molar refractivity (Wildman–Crippen MR) is 81.0 cm³/mol. The van der Waals surface area contributed by atoms with Crippen LogP contribution >= 0.6 is 0 Å². The van der Waals surface area contributed by atoms with Crippen molar-refractivity contribution in [2.75, 3.05) is 33.3 Å². The summed E-state index contributed by atoms with van der Waals surface area (Å²) in [6.07, 6.45) is 1.55. The molecule has 0 N–H and O–H groups in total. The number of pyridine rings is 1. The van der Waals surface area contributed by atoms with Crippen molar-refractivity contribution in [3.8, 4) is 5.88 Å². The van der Waals surface area contributed by atoms with E-state index in [1.807, 2.05) is 4.90 Å². The summed E-state index contributed by atoms with van der Waals surface area (Å²) in [4.78, 5) is 24.8. The molecule has 23 heavy (non-hydrogen) atoms. The van der Waals surface area contributed by atoms with Crippen LogP contribution in [0.15, 0.2) is 22.9 Å². The molecule has 0 bridgehead atoms. The number of aromatic nitrogens is 3. The zero-order valence-electron chi connectivity index (χ0n) is 13.2. The molecule has 0 aliphatic carbocycles. The molecule has 1 aliphatic rings. The molecule has 0 saturated carbocycles. The van der Waals surface area contributed by atoms with Crippen LogP contribution in [0.3, 0.4) is 0 Å². The van der Waals surface area contributed by atoms with Crippen LogP contribution in [0.4, 0.5) is 0 Å². The lowest BCUT2D eigenvalue weighted by Crippen LogP contribution is -2.48. The molecule has 0 radical (unpaired) electrons. The Morgan fingerprint density at radius 1 is 1.30 bits per heavy atom. The van der Waals surface area contributed by atoms with Gasteiger partial charge in [0.15, 0.2) is 5.82 Å². The molecule has 8 heteroatoms. The number of nitrogens with zero attached hydrogens (tertiary/aromatic N) is 5. The number of hydrogen-bond donors (Lipinski definition) is 0. The zero-order chi connectivity index (χ0) is 16.2. The monoisotopic (exact) mass is 317 g/mol. The molecule has 3 rings (SSSR count). The second-order valence-electron chi connectivity index (χ2n) is 5.39. The van der Waals surface area contributed by atoms with Crippen molar-refractivity contribution in [2.24, 2.45) is 0 Å². The highest BCUT2D eigenvalue weighted by atomic mass is 16.5. The van der Waals surface area contributed by atoms with E-state index in [0.717, 1.165) is 13.1 Å². The number of carbonyl (C=O) groups is 1. The minimum Gasteiger partial charge on any atom is -0.481 e. The first kappa shape index (κ1) is 15.4. The molecule has 0 aromatic carbocycles. The van der Waals surface area contributed by atoms with Gasteiger partial charge in [0.1, 0.15) is 0 Å². The Morgan fingerprint density at radius 2 is 2.09 bits per heavy atom. The van der Waals surface area contributed by atoms with Crippen LogP contribution in [-0.2, 0) is 6.54 Å². The van der Waals surface area contributed by atoms with Gasteiger partial charge in [0.2, 0.25) is 11.8 Å². The highest BCUT2D eigenvalue weighted by molar-refractivity contribution is 5.94. The normalized spacial score (nSPS) is 15.7. The second kappa shape index (κ2) is 6.74. The first-order valence-corrected chi connectivity index (χ1v) is 7.46. The fourth-order valence-electron chi connectivity index (χ4n) is 2.52. The van der Waals surface area contributed by atoms with Crippen molar-refractivity contribution >= 4 is 5.91 Å². The molecule has 3 heterocycles. The molecule has 1 fully saturated rings. The van der Waals surface area contributed by atoms with Gasteiger partial charge >= 0.3 is 0 Å². The Labute approximate surface area is 134 Å². The third-order valence-corrected chi connectivity index (χ3v) is 3.79. The van der Waals surface area contributed by atoms with E-state index < -0.39 is 0 Å². The molecule has 0 unspecified atom stereocenters. The number of rotatable bonds is 4. The summed E-state index contributed by atoms with van der Waals surface area (Å²) in [5.74, 6) is 1.75. The van der Waals surface area contributed by atoms with E-state index >= 15 is 0 Å². The smallest absolute Gasteiger partial charge is 0.255 e. The van der Waals surface area contributed by atoms with Crippen LogP contribution < -0.4 is 4.74 Å². The van der Waals surface area contributed by atoms with E-state index in [1.54, 1.807) is 32.4 Å². The van der Waals surface area contributed by atoms with Crippen molar-refractivity contribution in [1.82, 2.24) is 24.9 Å². The van der Waals surface area contributed by atoms with Gasteiger partial charge in [-0.25, -0.2) is 4.98 Å². The highest BCUT2D eigenvalue weighted by Crippen LogP contribution is 2.12. The first-order chi connectivity index (χ1) is 11.2. The molecule has 0 spiro atoms. The molecule has 8 nitrogen and oxygen atoms in total. The van der Waals surface area contributed by atoms with E-state index in [0.29, 0.717) is 42.8 Å². The van der Waals surface area contributed by atoms with Crippen LogP contribution in [0, 0.1) is 6.92 Å². The van der Waals surface area contributed by atoms with Gasteiger partial charge in [-0.05, 0) is 6.07 Å². The number of methoxy groups -OCH3 is 1. The van der Waals surface area contributed by atoms with Gasteiger partial charge in [-0.15, -0.1) is 0 Å². The number of carbonyl (C=O) groups excluding carboxylic acids is 1. The number of hydrogen-bond acceptors (Lipinski definition) is 7. The largest absolute Gasteiger partial charge is 0.481 e. The van der Waals surface area contributed by atoms with Crippen molar-refractivity contribution < 1.29 is 14.1 Å². The predicted octanol–water partition coefficient (Wildman–Crippen LogP) is 0.740. The minimum absolute atomic E-state index is 0.00444. The first-order valence-electron chi connectivity index (χ1n) is 7.46. The van der Waals surface area contributed by atoms with Crippen LogP contribution in [0.1, 0.15) is 22.1 Å². The molecule has 2 aromatic rings. The van der Waals surface area contributed by atoms with Gasteiger partial charge in [-0.1, -0.05) is 5.16 Å². The third-order valence-electron chi connectivity index (χ3n) is 3.79. The third kappa shape index (κ3) is 3.65. The van der Waals surface area contributed by atoms with Crippen LogP contribution in [0.5, 0.6) is 5.88 Å². The maximum absolute atomic E-state index is 12.5. The number of piperazine rings is 1. The Bertz CT molecular complexity index is 662. The van der Waals surface area contributed by atoms with Crippen molar-refractivity contribution in [3.63, 3.8) is 0 Å². The Hall–Kier alpha value is -2.48. The Kier molecular flexibility index (Phi) is 4.52. The average Bonchev–Trinajstić information content (AvgIpc) is 3.00. The molecular weight excluding hydrogens is 298 g/mol. The van der Waals surface area contributed by atoms with E-state index in [9.17, 15) is 4.79 Å². The topological polar surface area (TPSA) is 84.6 Å².